The predicted molar refractivity (Wildman–Crippen MR) is 90.3 cm³/mol. The smallest absolute Gasteiger partial charge is 0.272 e. The van der Waals surface area contributed by atoms with Crippen LogP contribution in [0.15, 0.2) is 54.7 Å². The molecular formula is C18H18N4O2. The second-order valence-electron chi connectivity index (χ2n) is 5.27. The van der Waals surface area contributed by atoms with Gasteiger partial charge >= 0.3 is 0 Å². The maximum Gasteiger partial charge on any atom is 0.272 e. The van der Waals surface area contributed by atoms with Gasteiger partial charge in [-0.15, -0.1) is 0 Å². The van der Waals surface area contributed by atoms with Gasteiger partial charge in [0.05, 0.1) is 12.8 Å². The average molecular weight is 322 g/mol. The van der Waals surface area contributed by atoms with Gasteiger partial charge in [0.2, 0.25) is 5.88 Å². The number of benzene rings is 1. The van der Waals surface area contributed by atoms with E-state index >= 15 is 0 Å². The zero-order chi connectivity index (χ0) is 16.9. The summed E-state index contributed by atoms with van der Waals surface area (Å²) in [6, 6.07) is 15.1. The summed E-state index contributed by atoms with van der Waals surface area (Å²) in [5, 5.41) is 7.24. The maximum absolute atomic E-state index is 12.4. The van der Waals surface area contributed by atoms with Crippen LogP contribution in [0, 0.1) is 6.92 Å². The normalized spacial score (nSPS) is 10.4. The van der Waals surface area contributed by atoms with Crippen LogP contribution in [0.25, 0.3) is 5.69 Å². The Labute approximate surface area is 140 Å². The number of nitrogens with one attached hydrogen (secondary N) is 1. The van der Waals surface area contributed by atoms with Crippen LogP contribution in [0.4, 0.5) is 0 Å². The number of para-hydroxylation sites is 1. The highest BCUT2D eigenvalue weighted by molar-refractivity contribution is 5.92. The van der Waals surface area contributed by atoms with E-state index in [0.717, 1.165) is 16.9 Å². The van der Waals surface area contributed by atoms with Gasteiger partial charge in [-0.2, -0.15) is 5.10 Å². The minimum Gasteiger partial charge on any atom is -0.481 e. The molecule has 2 heterocycles. The first-order valence-electron chi connectivity index (χ1n) is 7.57. The lowest BCUT2D eigenvalue weighted by Gasteiger charge is -2.07. The van der Waals surface area contributed by atoms with Crippen molar-refractivity contribution < 1.29 is 9.53 Å². The zero-order valence-corrected chi connectivity index (χ0v) is 13.6. The van der Waals surface area contributed by atoms with Crippen LogP contribution in [-0.2, 0) is 6.54 Å². The van der Waals surface area contributed by atoms with Crippen molar-refractivity contribution in [3.8, 4) is 11.6 Å². The summed E-state index contributed by atoms with van der Waals surface area (Å²) in [7, 11) is 1.55. The number of carbonyl (C=O) groups excluding carboxylic acids is 1. The van der Waals surface area contributed by atoms with Gasteiger partial charge in [-0.05, 0) is 31.2 Å². The number of aryl methyl sites for hydroxylation is 1. The van der Waals surface area contributed by atoms with Gasteiger partial charge in [-0.3, -0.25) is 4.79 Å². The van der Waals surface area contributed by atoms with Gasteiger partial charge in [0, 0.05) is 24.0 Å². The molecule has 6 heteroatoms. The molecule has 0 saturated carbocycles. The summed E-state index contributed by atoms with van der Waals surface area (Å²) in [6.07, 6.45) is 1.65. The van der Waals surface area contributed by atoms with Gasteiger partial charge < -0.3 is 10.1 Å². The third-order valence-corrected chi connectivity index (χ3v) is 3.60. The minimum atomic E-state index is -0.237. The van der Waals surface area contributed by atoms with Crippen LogP contribution >= 0.6 is 0 Å². The zero-order valence-electron chi connectivity index (χ0n) is 13.6. The van der Waals surface area contributed by atoms with E-state index in [2.05, 4.69) is 15.4 Å². The molecule has 0 saturated heterocycles. The van der Waals surface area contributed by atoms with E-state index in [-0.39, 0.29) is 5.91 Å². The molecule has 1 aromatic carbocycles. The average Bonchev–Trinajstić information content (AvgIpc) is 3.02. The van der Waals surface area contributed by atoms with Crippen molar-refractivity contribution in [1.29, 1.82) is 0 Å². The highest BCUT2D eigenvalue weighted by atomic mass is 16.5. The van der Waals surface area contributed by atoms with Crippen LogP contribution in [-0.4, -0.2) is 27.8 Å². The number of pyridine rings is 1. The van der Waals surface area contributed by atoms with Crippen LogP contribution in [0.2, 0.25) is 0 Å². The van der Waals surface area contributed by atoms with E-state index in [4.69, 9.17) is 4.74 Å². The number of amides is 1. The summed E-state index contributed by atoms with van der Waals surface area (Å²) in [5.41, 5.74) is 3.00. The van der Waals surface area contributed by atoms with Crippen LogP contribution < -0.4 is 10.1 Å². The highest BCUT2D eigenvalue weighted by Crippen LogP contribution is 2.14. The lowest BCUT2D eigenvalue weighted by molar-refractivity contribution is 0.0945. The molecule has 6 nitrogen and oxygen atoms in total. The van der Waals surface area contributed by atoms with Crippen LogP contribution in [0.3, 0.4) is 0 Å². The molecule has 24 heavy (non-hydrogen) atoms. The Kier molecular flexibility index (Phi) is 4.56. The van der Waals surface area contributed by atoms with E-state index in [9.17, 15) is 4.79 Å². The van der Waals surface area contributed by atoms with Crippen molar-refractivity contribution in [1.82, 2.24) is 20.1 Å². The molecule has 0 aliphatic heterocycles. The lowest BCUT2D eigenvalue weighted by Crippen LogP contribution is -2.23. The number of carbonyl (C=O) groups is 1. The molecule has 0 atom stereocenters. The molecule has 0 fully saturated rings. The number of ether oxygens (including phenoxy) is 1. The van der Waals surface area contributed by atoms with Crippen molar-refractivity contribution in [3.63, 3.8) is 0 Å². The standard InChI is InChI=1S/C18H18N4O2/c1-13-11-16(21-22(13)15-8-4-3-5-9-15)17(23)20-12-14-7-6-10-19-18(14)24-2/h3-11H,12H2,1-2H3,(H,20,23). The van der Waals surface area contributed by atoms with Crippen molar-refractivity contribution in [2.75, 3.05) is 7.11 Å². The predicted octanol–water partition coefficient (Wildman–Crippen LogP) is 2.51. The van der Waals surface area contributed by atoms with Crippen LogP contribution in [0.1, 0.15) is 21.7 Å². The third kappa shape index (κ3) is 3.27. The fourth-order valence-corrected chi connectivity index (χ4v) is 2.42. The number of hydrogen-bond donors (Lipinski definition) is 1. The van der Waals surface area contributed by atoms with Crippen molar-refractivity contribution in [2.24, 2.45) is 0 Å². The molecule has 122 valence electrons. The Morgan fingerprint density at radius 3 is 2.75 bits per heavy atom. The summed E-state index contributed by atoms with van der Waals surface area (Å²) < 4.78 is 6.93. The quantitative estimate of drug-likeness (QED) is 0.783. The molecule has 0 bridgehead atoms. The lowest BCUT2D eigenvalue weighted by atomic mass is 10.2. The summed E-state index contributed by atoms with van der Waals surface area (Å²) in [4.78, 5) is 16.5. The third-order valence-electron chi connectivity index (χ3n) is 3.60. The SMILES string of the molecule is COc1ncccc1CNC(=O)c1cc(C)n(-c2ccccc2)n1. The fraction of sp³-hybridized carbons (Fsp3) is 0.167. The Hall–Kier alpha value is -3.15. The van der Waals surface area contributed by atoms with E-state index in [1.54, 1.807) is 30.1 Å². The number of hydrogen-bond acceptors (Lipinski definition) is 4. The van der Waals surface area contributed by atoms with E-state index < -0.39 is 0 Å². The number of rotatable bonds is 5. The first-order valence-corrected chi connectivity index (χ1v) is 7.57. The first-order chi connectivity index (χ1) is 11.7. The summed E-state index contributed by atoms with van der Waals surface area (Å²) >= 11 is 0. The maximum atomic E-state index is 12.4. The number of nitrogens with zero attached hydrogens (tertiary/aromatic N) is 3. The molecule has 2 aromatic heterocycles. The molecule has 3 rings (SSSR count). The Morgan fingerprint density at radius 2 is 2.00 bits per heavy atom. The fourth-order valence-electron chi connectivity index (χ4n) is 2.42. The van der Waals surface area contributed by atoms with E-state index in [0.29, 0.717) is 18.1 Å². The topological polar surface area (TPSA) is 69.0 Å². The second kappa shape index (κ2) is 6.95. The largest absolute Gasteiger partial charge is 0.481 e. The van der Waals surface area contributed by atoms with E-state index in [1.165, 1.54) is 0 Å². The Balaban J connectivity index is 1.74. The van der Waals surface area contributed by atoms with Crippen molar-refractivity contribution in [2.45, 2.75) is 13.5 Å². The van der Waals surface area contributed by atoms with Crippen molar-refractivity contribution >= 4 is 5.91 Å². The van der Waals surface area contributed by atoms with Gasteiger partial charge in [0.15, 0.2) is 5.69 Å². The summed E-state index contributed by atoms with van der Waals surface area (Å²) in [6.45, 7) is 2.24. The minimum absolute atomic E-state index is 0.237. The Bertz CT molecular complexity index is 843. The molecule has 0 unspecified atom stereocenters. The first kappa shape index (κ1) is 15.7. The van der Waals surface area contributed by atoms with Crippen LogP contribution in [0.5, 0.6) is 5.88 Å². The molecule has 0 aliphatic carbocycles. The van der Waals surface area contributed by atoms with Gasteiger partial charge in [-0.25, -0.2) is 9.67 Å². The summed E-state index contributed by atoms with van der Waals surface area (Å²) in [5.74, 6) is 0.266. The molecule has 0 spiro atoms. The molecule has 1 N–H and O–H groups in total. The van der Waals surface area contributed by atoms with Crippen molar-refractivity contribution in [3.05, 3.63) is 71.7 Å². The molecule has 3 aromatic rings. The molecule has 0 radical (unpaired) electrons. The molecule has 0 aliphatic rings. The van der Waals surface area contributed by atoms with Gasteiger partial charge in [0.25, 0.3) is 5.91 Å². The monoisotopic (exact) mass is 322 g/mol. The van der Waals surface area contributed by atoms with E-state index in [1.807, 2.05) is 43.3 Å². The Morgan fingerprint density at radius 1 is 1.21 bits per heavy atom. The molecule has 1 amide bonds. The molecular weight excluding hydrogens is 304 g/mol. The van der Waals surface area contributed by atoms with Gasteiger partial charge in [-0.1, -0.05) is 24.3 Å². The number of methoxy groups -OCH3 is 1. The number of aromatic nitrogens is 3. The highest BCUT2D eigenvalue weighted by Gasteiger charge is 2.14. The van der Waals surface area contributed by atoms with Gasteiger partial charge in [0.1, 0.15) is 0 Å². The second-order valence-corrected chi connectivity index (χ2v) is 5.27.